The van der Waals surface area contributed by atoms with Gasteiger partial charge in [-0.25, -0.2) is 0 Å². The summed E-state index contributed by atoms with van der Waals surface area (Å²) in [4.78, 5) is 0. The molecule has 0 spiro atoms. The number of hydrogen-bond donors (Lipinski definition) is 2. The third kappa shape index (κ3) is 5.71. The Morgan fingerprint density at radius 2 is 1.94 bits per heavy atom. The fraction of sp³-hybridized carbons (Fsp3) is 0.571. The van der Waals surface area contributed by atoms with E-state index in [1.165, 1.54) is 5.56 Å². The van der Waals surface area contributed by atoms with E-state index in [0.29, 0.717) is 12.1 Å². The van der Waals surface area contributed by atoms with Crippen LogP contribution in [0.5, 0.6) is 5.75 Å². The highest BCUT2D eigenvalue weighted by Gasteiger charge is 2.02. The van der Waals surface area contributed by atoms with Crippen molar-refractivity contribution in [2.75, 3.05) is 13.7 Å². The smallest absolute Gasteiger partial charge is 0.119 e. The van der Waals surface area contributed by atoms with Crippen LogP contribution < -0.4 is 15.4 Å². The normalized spacial score (nSPS) is 12.8. The molecule has 0 fully saturated rings. The third-order valence-electron chi connectivity index (χ3n) is 2.62. The summed E-state index contributed by atoms with van der Waals surface area (Å²) >= 11 is 0. The third-order valence-corrected chi connectivity index (χ3v) is 2.62. The molecule has 0 aliphatic carbocycles. The first-order valence-electron chi connectivity index (χ1n) is 6.21. The molecule has 3 heteroatoms. The fourth-order valence-corrected chi connectivity index (χ4v) is 1.56. The van der Waals surface area contributed by atoms with Gasteiger partial charge in [0.05, 0.1) is 7.11 Å². The van der Waals surface area contributed by atoms with Crippen molar-refractivity contribution in [3.63, 3.8) is 0 Å². The molecule has 0 saturated carbocycles. The molecule has 17 heavy (non-hydrogen) atoms. The van der Waals surface area contributed by atoms with Gasteiger partial charge in [0, 0.05) is 25.2 Å². The summed E-state index contributed by atoms with van der Waals surface area (Å²) in [7, 11) is 1.70. The molecule has 0 heterocycles. The van der Waals surface area contributed by atoms with Crippen molar-refractivity contribution in [2.45, 2.75) is 39.4 Å². The van der Waals surface area contributed by atoms with Crippen LogP contribution in [0.4, 0.5) is 0 Å². The Labute approximate surface area is 105 Å². The maximum Gasteiger partial charge on any atom is 0.119 e. The van der Waals surface area contributed by atoms with Crippen LogP contribution in [-0.4, -0.2) is 25.7 Å². The lowest BCUT2D eigenvalue weighted by molar-refractivity contribution is 0.413. The molecule has 0 saturated heterocycles. The van der Waals surface area contributed by atoms with E-state index in [1.807, 2.05) is 12.1 Å². The Hall–Kier alpha value is -1.06. The van der Waals surface area contributed by atoms with Crippen molar-refractivity contribution in [2.24, 2.45) is 0 Å². The topological polar surface area (TPSA) is 33.3 Å². The van der Waals surface area contributed by atoms with Crippen molar-refractivity contribution < 1.29 is 4.74 Å². The Morgan fingerprint density at radius 1 is 1.18 bits per heavy atom. The van der Waals surface area contributed by atoms with Crippen LogP contribution in [0.3, 0.4) is 0 Å². The molecule has 1 aromatic carbocycles. The van der Waals surface area contributed by atoms with Gasteiger partial charge in [0.2, 0.25) is 0 Å². The van der Waals surface area contributed by atoms with Crippen LogP contribution >= 0.6 is 0 Å². The zero-order chi connectivity index (χ0) is 12.7. The Bertz CT molecular complexity index is 326. The van der Waals surface area contributed by atoms with E-state index in [-0.39, 0.29) is 0 Å². The maximum absolute atomic E-state index is 5.20. The molecule has 0 aromatic heterocycles. The summed E-state index contributed by atoms with van der Waals surface area (Å²) < 4.78 is 5.20. The SMILES string of the molecule is COc1cccc(CNC(C)CNC(C)C)c1. The average Bonchev–Trinajstić information content (AvgIpc) is 2.34. The highest BCUT2D eigenvalue weighted by Crippen LogP contribution is 2.12. The van der Waals surface area contributed by atoms with Crippen molar-refractivity contribution >= 4 is 0 Å². The maximum atomic E-state index is 5.20. The molecule has 2 N–H and O–H groups in total. The second kappa shape index (κ2) is 7.30. The lowest BCUT2D eigenvalue weighted by Gasteiger charge is -2.16. The molecule has 1 unspecified atom stereocenters. The number of methoxy groups -OCH3 is 1. The predicted molar refractivity (Wildman–Crippen MR) is 72.4 cm³/mol. The lowest BCUT2D eigenvalue weighted by Crippen LogP contribution is -2.38. The molecule has 3 nitrogen and oxygen atoms in total. The van der Waals surface area contributed by atoms with Crippen LogP contribution in [-0.2, 0) is 6.54 Å². The van der Waals surface area contributed by atoms with Gasteiger partial charge >= 0.3 is 0 Å². The molecule has 0 aliphatic rings. The van der Waals surface area contributed by atoms with E-state index in [1.54, 1.807) is 7.11 Å². The highest BCUT2D eigenvalue weighted by molar-refractivity contribution is 5.28. The monoisotopic (exact) mass is 236 g/mol. The summed E-state index contributed by atoms with van der Waals surface area (Å²) in [6, 6.07) is 9.16. The minimum absolute atomic E-state index is 0.462. The minimum Gasteiger partial charge on any atom is -0.497 e. The number of nitrogens with one attached hydrogen (secondary N) is 2. The van der Waals surface area contributed by atoms with Gasteiger partial charge in [-0.1, -0.05) is 26.0 Å². The van der Waals surface area contributed by atoms with Crippen LogP contribution in [0.2, 0.25) is 0 Å². The zero-order valence-corrected chi connectivity index (χ0v) is 11.3. The standard InChI is InChI=1S/C14H24N2O/c1-11(2)15-9-12(3)16-10-13-6-5-7-14(8-13)17-4/h5-8,11-12,15-16H,9-10H2,1-4H3. The Kier molecular flexibility index (Phi) is 6.01. The number of benzene rings is 1. The van der Waals surface area contributed by atoms with Gasteiger partial charge in [-0.2, -0.15) is 0 Å². The van der Waals surface area contributed by atoms with Crippen molar-refractivity contribution in [3.05, 3.63) is 29.8 Å². The zero-order valence-electron chi connectivity index (χ0n) is 11.3. The summed E-state index contributed by atoms with van der Waals surface area (Å²) in [6.45, 7) is 8.37. The van der Waals surface area contributed by atoms with Crippen LogP contribution in [0.1, 0.15) is 26.3 Å². The van der Waals surface area contributed by atoms with Gasteiger partial charge in [0.1, 0.15) is 5.75 Å². The van der Waals surface area contributed by atoms with E-state index in [4.69, 9.17) is 4.74 Å². The van der Waals surface area contributed by atoms with Gasteiger partial charge in [0.15, 0.2) is 0 Å². The first kappa shape index (κ1) is 14.0. The number of hydrogen-bond acceptors (Lipinski definition) is 3. The van der Waals surface area contributed by atoms with Crippen LogP contribution in [0.25, 0.3) is 0 Å². The average molecular weight is 236 g/mol. The van der Waals surface area contributed by atoms with Gasteiger partial charge < -0.3 is 15.4 Å². The van der Waals surface area contributed by atoms with E-state index >= 15 is 0 Å². The second-order valence-electron chi connectivity index (χ2n) is 4.70. The second-order valence-corrected chi connectivity index (χ2v) is 4.70. The van der Waals surface area contributed by atoms with Gasteiger partial charge in [-0.3, -0.25) is 0 Å². The van der Waals surface area contributed by atoms with Crippen molar-refractivity contribution in [1.29, 1.82) is 0 Å². The van der Waals surface area contributed by atoms with Crippen LogP contribution in [0.15, 0.2) is 24.3 Å². The summed E-state index contributed by atoms with van der Waals surface area (Å²) in [5, 5.41) is 6.90. The van der Waals surface area contributed by atoms with E-state index < -0.39 is 0 Å². The highest BCUT2D eigenvalue weighted by atomic mass is 16.5. The molecular formula is C14H24N2O. The Balaban J connectivity index is 2.33. The van der Waals surface area contributed by atoms with Crippen molar-refractivity contribution in [1.82, 2.24) is 10.6 Å². The lowest BCUT2D eigenvalue weighted by atomic mass is 10.2. The minimum atomic E-state index is 0.462. The molecule has 96 valence electrons. The summed E-state index contributed by atoms with van der Waals surface area (Å²) in [6.07, 6.45) is 0. The molecule has 1 aromatic rings. The molecular weight excluding hydrogens is 212 g/mol. The van der Waals surface area contributed by atoms with Crippen molar-refractivity contribution in [3.8, 4) is 5.75 Å². The first-order chi connectivity index (χ1) is 8.11. The van der Waals surface area contributed by atoms with Crippen LogP contribution in [0, 0.1) is 0 Å². The predicted octanol–water partition coefficient (Wildman–Crippen LogP) is 2.17. The molecule has 0 aliphatic heterocycles. The van der Waals surface area contributed by atoms with E-state index in [2.05, 4.69) is 43.5 Å². The summed E-state index contributed by atoms with van der Waals surface area (Å²) in [5.74, 6) is 0.914. The largest absolute Gasteiger partial charge is 0.497 e. The van der Waals surface area contributed by atoms with Gasteiger partial charge in [-0.05, 0) is 24.6 Å². The molecule has 1 rings (SSSR count). The van der Waals surface area contributed by atoms with Gasteiger partial charge in [0.25, 0.3) is 0 Å². The van der Waals surface area contributed by atoms with Gasteiger partial charge in [-0.15, -0.1) is 0 Å². The fourth-order valence-electron chi connectivity index (χ4n) is 1.56. The number of rotatable bonds is 7. The molecule has 0 bridgehead atoms. The van der Waals surface area contributed by atoms with E-state index in [9.17, 15) is 0 Å². The first-order valence-corrected chi connectivity index (χ1v) is 6.21. The molecule has 0 radical (unpaired) electrons. The molecule has 0 amide bonds. The number of ether oxygens (including phenoxy) is 1. The van der Waals surface area contributed by atoms with E-state index in [0.717, 1.165) is 18.8 Å². The Morgan fingerprint density at radius 3 is 2.59 bits per heavy atom. The summed E-state index contributed by atoms with van der Waals surface area (Å²) in [5.41, 5.74) is 1.25. The molecule has 1 atom stereocenters. The quantitative estimate of drug-likeness (QED) is 0.761.